The third-order valence-electron chi connectivity index (χ3n) is 5.33. The van der Waals surface area contributed by atoms with Crippen LogP contribution in [0.5, 0.6) is 11.5 Å². The molecule has 2 rings (SSSR count). The van der Waals surface area contributed by atoms with Crippen LogP contribution in [0.4, 0.5) is 4.39 Å². The summed E-state index contributed by atoms with van der Waals surface area (Å²) >= 11 is 4.31. The molecule has 0 fully saturated rings. The van der Waals surface area contributed by atoms with Crippen molar-refractivity contribution in [2.24, 2.45) is 5.92 Å². The van der Waals surface area contributed by atoms with Gasteiger partial charge in [0.25, 0.3) is 0 Å². The highest BCUT2D eigenvalue weighted by atomic mass is 32.1. The van der Waals surface area contributed by atoms with Gasteiger partial charge in [-0.15, -0.1) is 12.6 Å². The topological polar surface area (TPSA) is 94.5 Å². The van der Waals surface area contributed by atoms with Gasteiger partial charge < -0.3 is 29.0 Å². The lowest BCUT2D eigenvalue weighted by Gasteiger charge is -2.16. The van der Waals surface area contributed by atoms with Crippen molar-refractivity contribution in [1.29, 1.82) is 0 Å². The van der Waals surface area contributed by atoms with E-state index in [0.717, 1.165) is 11.3 Å². The summed E-state index contributed by atoms with van der Waals surface area (Å²) in [5.41, 5.74) is 0.962. The van der Waals surface area contributed by atoms with Crippen LogP contribution in [0.15, 0.2) is 29.1 Å². The average molecular weight is 498 g/mol. The van der Waals surface area contributed by atoms with Gasteiger partial charge in [0.15, 0.2) is 23.1 Å². The van der Waals surface area contributed by atoms with Gasteiger partial charge in [-0.05, 0) is 29.0 Å². The lowest BCUT2D eigenvalue weighted by molar-refractivity contribution is -0.145. The van der Waals surface area contributed by atoms with Gasteiger partial charge in [-0.3, -0.25) is 9.59 Å². The number of carbonyl (C=O) groups excluding carboxylic acids is 1. The predicted octanol–water partition coefficient (Wildman–Crippen LogP) is 4.28. The third kappa shape index (κ3) is 7.31. The number of hydrogen-bond acceptors (Lipinski definition) is 7. The number of benzene rings is 1. The molecule has 1 N–H and O–H groups in total. The van der Waals surface area contributed by atoms with E-state index >= 15 is 4.39 Å². The predicted molar refractivity (Wildman–Crippen MR) is 127 cm³/mol. The summed E-state index contributed by atoms with van der Waals surface area (Å²) in [6.07, 6.45) is 4.36. The summed E-state index contributed by atoms with van der Waals surface area (Å²) in [5.74, 6) is -2.03. The second kappa shape index (κ2) is 13.1. The number of carbonyl (C=O) groups is 2. The van der Waals surface area contributed by atoms with E-state index < -0.39 is 17.7 Å². The van der Waals surface area contributed by atoms with Crippen molar-refractivity contribution >= 4 is 24.5 Å². The first-order chi connectivity index (χ1) is 16.2. The van der Waals surface area contributed by atoms with Crippen LogP contribution in [-0.4, -0.2) is 49.3 Å². The van der Waals surface area contributed by atoms with E-state index in [2.05, 4.69) is 12.6 Å². The van der Waals surface area contributed by atoms with Gasteiger partial charge in [0.1, 0.15) is 6.26 Å². The smallest absolute Gasteiger partial charge is 0.306 e. The van der Waals surface area contributed by atoms with Crippen molar-refractivity contribution in [1.82, 2.24) is 4.90 Å². The van der Waals surface area contributed by atoms with Crippen molar-refractivity contribution < 1.29 is 38.0 Å². The number of methoxy groups -OCH3 is 2. The maximum atomic E-state index is 15.2. The minimum Gasteiger partial charge on any atom is -0.497 e. The van der Waals surface area contributed by atoms with Gasteiger partial charge in [-0.2, -0.15) is 0 Å². The van der Waals surface area contributed by atoms with Gasteiger partial charge in [0.2, 0.25) is 5.91 Å². The quantitative estimate of drug-likeness (QED) is 0.182. The van der Waals surface area contributed by atoms with Crippen LogP contribution in [-0.2, 0) is 32.2 Å². The molecule has 0 aromatic heterocycles. The van der Waals surface area contributed by atoms with Gasteiger partial charge in [0, 0.05) is 31.5 Å². The minimum absolute atomic E-state index is 0.0202. The fourth-order valence-electron chi connectivity index (χ4n) is 3.27. The first-order valence-corrected chi connectivity index (χ1v) is 11.4. The van der Waals surface area contributed by atoms with E-state index in [1.54, 1.807) is 12.1 Å². The molecule has 1 aliphatic heterocycles. The molecule has 1 aliphatic rings. The number of aliphatic carboxylic acids is 1. The van der Waals surface area contributed by atoms with Crippen molar-refractivity contribution in [2.75, 3.05) is 27.4 Å². The van der Waals surface area contributed by atoms with Crippen LogP contribution in [0.2, 0.25) is 0 Å². The number of allylic oxidation sites excluding steroid dienone is 2. The zero-order valence-corrected chi connectivity index (χ0v) is 20.8. The molecular formula is C24H32FNO7S. The number of amides is 1. The number of nitrogens with zero attached hydrogens (tertiary/aromatic N) is 1. The third-order valence-corrected chi connectivity index (χ3v) is 5.77. The van der Waals surface area contributed by atoms with Crippen molar-refractivity contribution in [3.05, 3.63) is 46.0 Å². The lowest BCUT2D eigenvalue weighted by Crippen LogP contribution is -2.28. The van der Waals surface area contributed by atoms with Crippen molar-refractivity contribution in [3.8, 4) is 11.5 Å². The normalized spacial score (nSPS) is 14.5. The molecule has 0 radical (unpaired) electrons. The molecule has 8 nitrogen and oxygen atoms in total. The highest BCUT2D eigenvalue weighted by molar-refractivity contribution is 7.84. The number of halogens is 1. The number of rotatable bonds is 13. The molecule has 34 heavy (non-hydrogen) atoms. The first kappa shape index (κ1) is 27.4. The zero-order valence-electron chi connectivity index (χ0n) is 19.9. The number of thiol groups is 1. The van der Waals surface area contributed by atoms with Crippen molar-refractivity contribution in [2.45, 2.75) is 46.2 Å². The van der Waals surface area contributed by atoms with Crippen LogP contribution in [0.25, 0.3) is 0 Å². The maximum Gasteiger partial charge on any atom is 0.306 e. The summed E-state index contributed by atoms with van der Waals surface area (Å²) in [6.45, 7) is 4.20. The molecule has 0 saturated carbocycles. The van der Waals surface area contributed by atoms with Gasteiger partial charge in [-0.1, -0.05) is 13.8 Å². The standard InChI is InChI=1S/C24H32FNO7S/c1-5-18(34)11-17(30-3)14-32-7-6-8-33-23-20(31-4)10-16-12-26(13-19(16)22(23)25)21(27)9-15(2)24(28)29/h10-11,14-15,34H,5-9,12-13H2,1-4H3,(H,28,29)/b17-14-,18-11+/t15-/m0/s1. The zero-order chi connectivity index (χ0) is 25.3. The Hall–Kier alpha value is -2.88. The summed E-state index contributed by atoms with van der Waals surface area (Å²) in [7, 11) is 2.95. The summed E-state index contributed by atoms with van der Waals surface area (Å²) < 4.78 is 36.8. The molecule has 10 heteroatoms. The maximum absolute atomic E-state index is 15.2. The van der Waals surface area contributed by atoms with Gasteiger partial charge >= 0.3 is 5.97 Å². The molecule has 1 amide bonds. The number of carboxylic acids is 1. The molecule has 0 bridgehead atoms. The van der Waals surface area contributed by atoms with Crippen LogP contribution in [0.3, 0.4) is 0 Å². The average Bonchev–Trinajstić information content (AvgIpc) is 3.25. The Bertz CT molecular complexity index is 948. The summed E-state index contributed by atoms with van der Waals surface area (Å²) in [6, 6.07) is 1.65. The highest BCUT2D eigenvalue weighted by Gasteiger charge is 2.31. The molecule has 0 aliphatic carbocycles. The molecule has 1 heterocycles. The van der Waals surface area contributed by atoms with Crippen molar-refractivity contribution in [3.63, 3.8) is 0 Å². The Morgan fingerprint density at radius 1 is 1.29 bits per heavy atom. The Labute approximate surface area is 204 Å². The van der Waals surface area contributed by atoms with Crippen LogP contribution in [0.1, 0.15) is 44.2 Å². The first-order valence-electron chi connectivity index (χ1n) is 11.0. The largest absolute Gasteiger partial charge is 0.497 e. The number of carboxylic acid groups (broad SMARTS) is 1. The lowest BCUT2D eigenvalue weighted by atomic mass is 10.1. The monoisotopic (exact) mass is 497 g/mol. The molecular weight excluding hydrogens is 465 g/mol. The molecule has 1 aromatic carbocycles. The number of hydrogen-bond donors (Lipinski definition) is 2. The Morgan fingerprint density at radius 2 is 2.03 bits per heavy atom. The Kier molecular flexibility index (Phi) is 10.6. The number of fused-ring (bicyclic) bond motifs is 1. The second-order valence-corrected chi connectivity index (χ2v) is 8.41. The molecule has 0 spiro atoms. The fraction of sp³-hybridized carbons (Fsp3) is 0.500. The summed E-state index contributed by atoms with van der Waals surface area (Å²) in [5, 5.41) is 9.03. The van der Waals surface area contributed by atoms with Crippen LogP contribution >= 0.6 is 12.6 Å². The van der Waals surface area contributed by atoms with Gasteiger partial charge in [-0.25, -0.2) is 4.39 Å². The van der Waals surface area contributed by atoms with E-state index in [0.29, 0.717) is 29.9 Å². The SMILES string of the molecule is CC/C(S)=C\C(=C\OCCCOc1c(OC)cc2c(c1F)CN(C(=O)C[C@H](C)C(=O)O)C2)OC. The highest BCUT2D eigenvalue weighted by Crippen LogP contribution is 2.39. The molecule has 0 unspecified atom stereocenters. The van der Waals surface area contributed by atoms with E-state index in [1.165, 1.54) is 32.3 Å². The van der Waals surface area contributed by atoms with E-state index in [4.69, 9.17) is 24.1 Å². The van der Waals surface area contributed by atoms with Crippen LogP contribution < -0.4 is 9.47 Å². The molecule has 188 valence electrons. The number of ether oxygens (including phenoxy) is 4. The summed E-state index contributed by atoms with van der Waals surface area (Å²) in [4.78, 5) is 25.8. The van der Waals surface area contributed by atoms with Gasteiger partial charge in [0.05, 0.1) is 33.4 Å². The Balaban J connectivity index is 1.97. The molecule has 1 atom stereocenters. The fourth-order valence-corrected chi connectivity index (χ4v) is 3.39. The molecule has 0 saturated heterocycles. The van der Waals surface area contributed by atoms with Crippen LogP contribution in [0, 0.1) is 11.7 Å². The Morgan fingerprint density at radius 3 is 2.65 bits per heavy atom. The molecule has 1 aromatic rings. The van der Waals surface area contributed by atoms with E-state index in [9.17, 15) is 9.59 Å². The van der Waals surface area contributed by atoms with E-state index in [1.807, 2.05) is 6.92 Å². The minimum atomic E-state index is -1.05. The second-order valence-electron chi connectivity index (χ2n) is 7.84. The van der Waals surface area contributed by atoms with E-state index in [-0.39, 0.29) is 43.5 Å².